The molecule has 0 aromatic heterocycles. The average molecular weight is 375 g/mol. The molecule has 1 unspecified atom stereocenters. The molecule has 0 radical (unpaired) electrons. The minimum absolute atomic E-state index is 0.337. The van der Waals surface area contributed by atoms with Crippen molar-refractivity contribution in [3.8, 4) is 0 Å². The average Bonchev–Trinajstić information content (AvgIpc) is 3.22. The molecule has 1 aromatic rings. The van der Waals surface area contributed by atoms with E-state index in [9.17, 15) is 5.11 Å². The van der Waals surface area contributed by atoms with Gasteiger partial charge in [-0.15, -0.1) is 0 Å². The van der Waals surface area contributed by atoms with Gasteiger partial charge in [0.25, 0.3) is 0 Å². The number of hydrogen-bond donors (Lipinski definition) is 3. The van der Waals surface area contributed by atoms with Crippen molar-refractivity contribution in [2.45, 2.75) is 44.2 Å². The molecule has 2 heterocycles. The topological polar surface area (TPSA) is 69.1 Å². The van der Waals surface area contributed by atoms with Crippen molar-refractivity contribution in [2.75, 3.05) is 45.9 Å². The second-order valence-corrected chi connectivity index (χ2v) is 7.58. The van der Waals surface area contributed by atoms with Crippen LogP contribution in [0.25, 0.3) is 0 Å². The summed E-state index contributed by atoms with van der Waals surface area (Å²) in [4.78, 5) is 7.22. The number of aliphatic hydroxyl groups is 1. The van der Waals surface area contributed by atoms with Gasteiger partial charge in [-0.2, -0.15) is 0 Å². The van der Waals surface area contributed by atoms with Crippen LogP contribution in [0, 0.1) is 0 Å². The summed E-state index contributed by atoms with van der Waals surface area (Å²) < 4.78 is 5.36. The van der Waals surface area contributed by atoms with Gasteiger partial charge >= 0.3 is 0 Å². The first kappa shape index (κ1) is 20.1. The SMILES string of the molecule is CCNC(=NCC1(O)CCOCC1)NCC(c1ccccc1)N1CCCC1. The van der Waals surface area contributed by atoms with E-state index < -0.39 is 5.60 Å². The molecule has 6 heteroatoms. The standard InChI is InChI=1S/C21H34N4O2/c1-2-22-20(24-17-21(26)10-14-27-15-11-21)23-16-19(25-12-6-7-13-25)18-8-4-3-5-9-18/h3-5,8-9,19,26H,2,6-7,10-17H2,1H3,(H2,22,23,24). The molecule has 0 spiro atoms. The normalized spacial score (nSPS) is 21.8. The Morgan fingerprint density at radius 3 is 2.56 bits per heavy atom. The first-order chi connectivity index (χ1) is 13.2. The van der Waals surface area contributed by atoms with Crippen LogP contribution in [-0.4, -0.2) is 67.5 Å². The molecule has 2 aliphatic rings. The van der Waals surface area contributed by atoms with Gasteiger partial charge in [-0.25, -0.2) is 0 Å². The zero-order chi connectivity index (χ0) is 19.0. The Balaban J connectivity index is 1.64. The molecule has 0 saturated carbocycles. The third-order valence-electron chi connectivity index (χ3n) is 5.53. The van der Waals surface area contributed by atoms with Gasteiger partial charge in [-0.3, -0.25) is 9.89 Å². The quantitative estimate of drug-likeness (QED) is 0.503. The van der Waals surface area contributed by atoms with Gasteiger partial charge < -0.3 is 20.5 Å². The predicted octanol–water partition coefficient (Wildman–Crippen LogP) is 1.92. The Kier molecular flexibility index (Phi) is 7.50. The highest BCUT2D eigenvalue weighted by molar-refractivity contribution is 5.79. The Morgan fingerprint density at radius 2 is 1.89 bits per heavy atom. The molecular weight excluding hydrogens is 340 g/mol. The van der Waals surface area contributed by atoms with Crippen molar-refractivity contribution in [3.05, 3.63) is 35.9 Å². The van der Waals surface area contributed by atoms with Crippen LogP contribution in [0.2, 0.25) is 0 Å². The minimum atomic E-state index is -0.742. The molecule has 2 saturated heterocycles. The fourth-order valence-electron chi connectivity index (χ4n) is 3.86. The summed E-state index contributed by atoms with van der Waals surface area (Å²) in [5, 5.41) is 17.5. The molecule has 2 aliphatic heterocycles. The maximum Gasteiger partial charge on any atom is 0.191 e. The second kappa shape index (κ2) is 10.1. The third-order valence-corrected chi connectivity index (χ3v) is 5.53. The monoisotopic (exact) mass is 374 g/mol. The number of benzene rings is 1. The van der Waals surface area contributed by atoms with Gasteiger partial charge in [0.15, 0.2) is 5.96 Å². The summed E-state index contributed by atoms with van der Waals surface area (Å²) in [5.74, 6) is 0.776. The Bertz CT molecular complexity index is 581. The summed E-state index contributed by atoms with van der Waals surface area (Å²) in [5.41, 5.74) is 0.597. The number of ether oxygens (including phenoxy) is 1. The van der Waals surface area contributed by atoms with E-state index >= 15 is 0 Å². The number of guanidine groups is 1. The highest BCUT2D eigenvalue weighted by atomic mass is 16.5. The van der Waals surface area contributed by atoms with Crippen molar-refractivity contribution in [3.63, 3.8) is 0 Å². The lowest BCUT2D eigenvalue weighted by Gasteiger charge is -2.31. The van der Waals surface area contributed by atoms with Gasteiger partial charge in [0.05, 0.1) is 18.2 Å². The van der Waals surface area contributed by atoms with Crippen LogP contribution in [0.1, 0.15) is 44.2 Å². The molecule has 0 aliphatic carbocycles. The molecular formula is C21H34N4O2. The number of rotatable bonds is 7. The molecule has 0 bridgehead atoms. The fourth-order valence-corrected chi connectivity index (χ4v) is 3.86. The zero-order valence-corrected chi connectivity index (χ0v) is 16.5. The highest BCUT2D eigenvalue weighted by Crippen LogP contribution is 2.24. The van der Waals surface area contributed by atoms with Crippen LogP contribution >= 0.6 is 0 Å². The van der Waals surface area contributed by atoms with E-state index in [-0.39, 0.29) is 0 Å². The number of nitrogens with zero attached hydrogens (tertiary/aromatic N) is 2. The largest absolute Gasteiger partial charge is 0.388 e. The molecule has 1 atom stereocenters. The molecule has 27 heavy (non-hydrogen) atoms. The number of nitrogens with one attached hydrogen (secondary N) is 2. The van der Waals surface area contributed by atoms with E-state index in [4.69, 9.17) is 4.74 Å². The number of aliphatic imine (C=N–C) groups is 1. The van der Waals surface area contributed by atoms with Crippen molar-refractivity contribution in [2.24, 2.45) is 4.99 Å². The lowest BCUT2D eigenvalue weighted by Crippen LogP contribution is -2.45. The molecule has 3 N–H and O–H groups in total. The molecule has 150 valence electrons. The lowest BCUT2D eigenvalue weighted by atomic mass is 9.95. The van der Waals surface area contributed by atoms with E-state index in [2.05, 4.69) is 57.8 Å². The highest BCUT2D eigenvalue weighted by Gasteiger charge is 2.29. The Hall–Kier alpha value is -1.63. The van der Waals surface area contributed by atoms with Gasteiger partial charge in [-0.05, 0) is 38.4 Å². The first-order valence-corrected chi connectivity index (χ1v) is 10.3. The minimum Gasteiger partial charge on any atom is -0.388 e. The van der Waals surface area contributed by atoms with Crippen LogP contribution in [0.15, 0.2) is 35.3 Å². The Morgan fingerprint density at radius 1 is 1.19 bits per heavy atom. The Labute approximate surface area is 163 Å². The van der Waals surface area contributed by atoms with E-state index in [0.717, 1.165) is 32.1 Å². The van der Waals surface area contributed by atoms with Crippen molar-refractivity contribution in [1.29, 1.82) is 0 Å². The molecule has 2 fully saturated rings. The summed E-state index contributed by atoms with van der Waals surface area (Å²) in [6, 6.07) is 11.0. The summed E-state index contributed by atoms with van der Waals surface area (Å²) in [6.07, 6.45) is 3.84. The predicted molar refractivity (Wildman–Crippen MR) is 109 cm³/mol. The lowest BCUT2D eigenvalue weighted by molar-refractivity contribution is -0.0566. The van der Waals surface area contributed by atoms with E-state index in [1.807, 2.05) is 0 Å². The van der Waals surface area contributed by atoms with Crippen LogP contribution < -0.4 is 10.6 Å². The number of likely N-dealkylation sites (tertiary alicyclic amines) is 1. The fraction of sp³-hybridized carbons (Fsp3) is 0.667. The summed E-state index contributed by atoms with van der Waals surface area (Å²) in [7, 11) is 0. The third kappa shape index (κ3) is 5.92. The maximum absolute atomic E-state index is 10.7. The van der Waals surface area contributed by atoms with Crippen molar-refractivity contribution >= 4 is 5.96 Å². The summed E-state index contributed by atoms with van der Waals surface area (Å²) >= 11 is 0. The molecule has 6 nitrogen and oxygen atoms in total. The molecule has 0 amide bonds. The number of hydrogen-bond acceptors (Lipinski definition) is 4. The summed E-state index contributed by atoms with van der Waals surface area (Å²) in [6.45, 7) is 7.59. The smallest absolute Gasteiger partial charge is 0.191 e. The second-order valence-electron chi connectivity index (χ2n) is 7.58. The van der Waals surface area contributed by atoms with Crippen LogP contribution in [0.4, 0.5) is 0 Å². The van der Waals surface area contributed by atoms with E-state index in [1.54, 1.807) is 0 Å². The van der Waals surface area contributed by atoms with E-state index in [1.165, 1.54) is 18.4 Å². The van der Waals surface area contributed by atoms with Crippen LogP contribution in [0.5, 0.6) is 0 Å². The van der Waals surface area contributed by atoms with Gasteiger partial charge in [0.2, 0.25) is 0 Å². The zero-order valence-electron chi connectivity index (χ0n) is 16.5. The van der Waals surface area contributed by atoms with Gasteiger partial charge in [0.1, 0.15) is 0 Å². The first-order valence-electron chi connectivity index (χ1n) is 10.3. The van der Waals surface area contributed by atoms with Crippen LogP contribution in [0.3, 0.4) is 0 Å². The maximum atomic E-state index is 10.7. The van der Waals surface area contributed by atoms with Crippen molar-refractivity contribution < 1.29 is 9.84 Å². The van der Waals surface area contributed by atoms with Gasteiger partial charge in [-0.1, -0.05) is 30.3 Å². The van der Waals surface area contributed by atoms with Crippen LogP contribution in [-0.2, 0) is 4.74 Å². The van der Waals surface area contributed by atoms with E-state index in [0.29, 0.717) is 38.6 Å². The molecule has 1 aromatic carbocycles. The van der Waals surface area contributed by atoms with Gasteiger partial charge in [0, 0.05) is 39.1 Å². The molecule has 3 rings (SSSR count). The van der Waals surface area contributed by atoms with Crippen molar-refractivity contribution in [1.82, 2.24) is 15.5 Å².